The lowest BCUT2D eigenvalue weighted by molar-refractivity contribution is -0.122. The van der Waals surface area contributed by atoms with Crippen LogP contribution in [0.3, 0.4) is 0 Å². The molecule has 0 spiro atoms. The number of anilines is 1. The van der Waals surface area contributed by atoms with E-state index >= 15 is 0 Å². The molecule has 8 heteroatoms. The summed E-state index contributed by atoms with van der Waals surface area (Å²) in [5, 5.41) is 3.37. The highest BCUT2D eigenvalue weighted by Gasteiger charge is 2.32. The zero-order valence-corrected chi connectivity index (χ0v) is 21.3. The maximum atomic E-state index is 13.1. The van der Waals surface area contributed by atoms with E-state index in [9.17, 15) is 13.2 Å². The van der Waals surface area contributed by atoms with E-state index in [1.54, 1.807) is 18.2 Å². The van der Waals surface area contributed by atoms with Gasteiger partial charge in [-0.25, -0.2) is 8.42 Å². The van der Waals surface area contributed by atoms with Gasteiger partial charge >= 0.3 is 0 Å². The lowest BCUT2D eigenvalue weighted by Gasteiger charge is -2.31. The number of likely N-dealkylation sites (tertiary alicyclic amines) is 1. The summed E-state index contributed by atoms with van der Waals surface area (Å²) in [6.45, 7) is 7.13. The normalized spacial score (nSPS) is 15.8. The van der Waals surface area contributed by atoms with Crippen molar-refractivity contribution in [2.45, 2.75) is 58.7 Å². The summed E-state index contributed by atoms with van der Waals surface area (Å²) < 4.78 is 26.6. The Balaban J connectivity index is 1.73. The Hall–Kier alpha value is -2.09. The van der Waals surface area contributed by atoms with E-state index in [2.05, 4.69) is 22.3 Å². The standard InChI is InChI=1S/C25H34ClN3O3S/c1-4-23(29(33(3,31)32)24-16-22(26)12-11-19(24)2)25(30)27-17-20-9-8-10-21(15-20)18-28-13-6-5-7-14-28/h8-12,15-16,23H,4-7,13-14,17-18H2,1-3H3,(H,27,30). The van der Waals surface area contributed by atoms with E-state index in [1.807, 2.05) is 26.0 Å². The fourth-order valence-electron chi connectivity index (χ4n) is 4.38. The second kappa shape index (κ2) is 11.4. The van der Waals surface area contributed by atoms with Gasteiger partial charge in [-0.05, 0) is 68.1 Å². The summed E-state index contributed by atoms with van der Waals surface area (Å²) in [4.78, 5) is 15.6. The molecular formula is C25H34ClN3O3S. The number of rotatable bonds is 9. The summed E-state index contributed by atoms with van der Waals surface area (Å²) in [7, 11) is -3.71. The van der Waals surface area contributed by atoms with Gasteiger partial charge in [-0.15, -0.1) is 0 Å². The average Bonchev–Trinajstić information content (AvgIpc) is 2.78. The third kappa shape index (κ3) is 6.95. The minimum absolute atomic E-state index is 0.330. The van der Waals surface area contributed by atoms with Crippen molar-refractivity contribution in [1.82, 2.24) is 10.2 Å². The number of carbonyl (C=O) groups is 1. The van der Waals surface area contributed by atoms with Crippen molar-refractivity contribution in [1.29, 1.82) is 0 Å². The van der Waals surface area contributed by atoms with Crippen molar-refractivity contribution in [2.75, 3.05) is 23.7 Å². The molecule has 1 amide bonds. The second-order valence-electron chi connectivity index (χ2n) is 8.79. The summed E-state index contributed by atoms with van der Waals surface area (Å²) in [5.41, 5.74) is 3.39. The molecule has 1 N–H and O–H groups in total. The molecule has 180 valence electrons. The highest BCUT2D eigenvalue weighted by atomic mass is 35.5. The smallest absolute Gasteiger partial charge is 0.244 e. The molecule has 3 rings (SSSR count). The van der Waals surface area contributed by atoms with Gasteiger partial charge < -0.3 is 5.32 Å². The third-order valence-electron chi connectivity index (χ3n) is 6.05. The Morgan fingerprint density at radius 1 is 1.12 bits per heavy atom. The number of benzene rings is 2. The summed E-state index contributed by atoms with van der Waals surface area (Å²) >= 11 is 6.14. The maximum absolute atomic E-state index is 13.1. The molecule has 0 bridgehead atoms. The van der Waals surface area contributed by atoms with Crippen molar-refractivity contribution in [2.24, 2.45) is 0 Å². The quantitative estimate of drug-likeness (QED) is 0.561. The average molecular weight is 492 g/mol. The van der Waals surface area contributed by atoms with Gasteiger partial charge in [0.15, 0.2) is 0 Å². The van der Waals surface area contributed by atoms with Gasteiger partial charge in [-0.3, -0.25) is 14.0 Å². The summed E-state index contributed by atoms with van der Waals surface area (Å²) in [6, 6.07) is 12.4. The molecule has 2 aromatic rings. The van der Waals surface area contributed by atoms with Crippen LogP contribution in [-0.2, 0) is 27.9 Å². The van der Waals surface area contributed by atoms with Crippen LogP contribution >= 0.6 is 11.6 Å². The molecule has 1 atom stereocenters. The molecule has 0 aromatic heterocycles. The fraction of sp³-hybridized carbons (Fsp3) is 0.480. The van der Waals surface area contributed by atoms with Crippen LogP contribution in [0.1, 0.15) is 49.3 Å². The van der Waals surface area contributed by atoms with E-state index in [0.717, 1.165) is 37.0 Å². The van der Waals surface area contributed by atoms with E-state index in [-0.39, 0.29) is 5.91 Å². The largest absolute Gasteiger partial charge is 0.350 e. The zero-order valence-electron chi connectivity index (χ0n) is 19.7. The molecule has 0 radical (unpaired) electrons. The van der Waals surface area contributed by atoms with Gasteiger partial charge in [0.2, 0.25) is 15.9 Å². The van der Waals surface area contributed by atoms with Gasteiger partial charge in [0.25, 0.3) is 0 Å². The molecule has 33 heavy (non-hydrogen) atoms. The maximum Gasteiger partial charge on any atom is 0.244 e. The first-order chi connectivity index (χ1) is 15.7. The Labute approximate surface area is 203 Å². The highest BCUT2D eigenvalue weighted by Crippen LogP contribution is 2.29. The van der Waals surface area contributed by atoms with Crippen molar-refractivity contribution in [3.63, 3.8) is 0 Å². The lowest BCUT2D eigenvalue weighted by Crippen LogP contribution is -2.49. The van der Waals surface area contributed by atoms with Crippen LogP contribution in [0.2, 0.25) is 5.02 Å². The minimum Gasteiger partial charge on any atom is -0.350 e. The van der Waals surface area contributed by atoms with Crippen LogP contribution in [0.25, 0.3) is 0 Å². The topological polar surface area (TPSA) is 69.7 Å². The van der Waals surface area contributed by atoms with Crippen molar-refractivity contribution >= 4 is 33.2 Å². The Morgan fingerprint density at radius 3 is 2.48 bits per heavy atom. The molecule has 0 saturated carbocycles. The zero-order chi connectivity index (χ0) is 24.0. The number of carbonyl (C=O) groups excluding carboxylic acids is 1. The fourth-order valence-corrected chi connectivity index (χ4v) is 5.80. The first kappa shape index (κ1) is 25.5. The molecule has 1 aliphatic rings. The number of sulfonamides is 1. The summed E-state index contributed by atoms with van der Waals surface area (Å²) in [6.07, 6.45) is 5.25. The molecule has 1 aliphatic heterocycles. The van der Waals surface area contributed by atoms with Crippen molar-refractivity contribution in [3.8, 4) is 0 Å². The Bertz CT molecular complexity index is 1070. The van der Waals surface area contributed by atoms with Crippen LogP contribution in [-0.4, -0.2) is 44.6 Å². The Kier molecular flexibility index (Phi) is 8.79. The van der Waals surface area contributed by atoms with E-state index in [0.29, 0.717) is 23.7 Å². The molecule has 1 unspecified atom stereocenters. The monoisotopic (exact) mass is 491 g/mol. The third-order valence-corrected chi connectivity index (χ3v) is 7.45. The SMILES string of the molecule is CCC(C(=O)NCc1cccc(CN2CCCCC2)c1)N(c1cc(Cl)ccc1C)S(C)(=O)=O. The van der Waals surface area contributed by atoms with Crippen molar-refractivity contribution < 1.29 is 13.2 Å². The van der Waals surface area contributed by atoms with Crippen LogP contribution < -0.4 is 9.62 Å². The predicted octanol–water partition coefficient (Wildman–Crippen LogP) is 4.50. The molecule has 2 aromatic carbocycles. The van der Waals surface area contributed by atoms with Gasteiger partial charge in [0.1, 0.15) is 6.04 Å². The minimum atomic E-state index is -3.71. The molecular weight excluding hydrogens is 458 g/mol. The van der Waals surface area contributed by atoms with Gasteiger partial charge in [-0.1, -0.05) is 55.3 Å². The number of nitrogens with one attached hydrogen (secondary N) is 1. The lowest BCUT2D eigenvalue weighted by atomic mass is 10.1. The highest BCUT2D eigenvalue weighted by molar-refractivity contribution is 7.92. The predicted molar refractivity (Wildman–Crippen MR) is 135 cm³/mol. The van der Waals surface area contributed by atoms with Crippen LogP contribution in [0.15, 0.2) is 42.5 Å². The molecule has 1 fully saturated rings. The van der Waals surface area contributed by atoms with E-state index in [4.69, 9.17) is 11.6 Å². The molecule has 0 aliphatic carbocycles. The first-order valence-electron chi connectivity index (χ1n) is 11.5. The van der Waals surface area contributed by atoms with Gasteiger partial charge in [-0.2, -0.15) is 0 Å². The van der Waals surface area contributed by atoms with Gasteiger partial charge in [0.05, 0.1) is 11.9 Å². The van der Waals surface area contributed by atoms with Crippen LogP contribution in [0.4, 0.5) is 5.69 Å². The number of amides is 1. The first-order valence-corrected chi connectivity index (χ1v) is 13.7. The van der Waals surface area contributed by atoms with E-state index in [1.165, 1.54) is 29.1 Å². The van der Waals surface area contributed by atoms with Crippen molar-refractivity contribution in [3.05, 3.63) is 64.2 Å². The number of nitrogens with zero attached hydrogens (tertiary/aromatic N) is 2. The Morgan fingerprint density at radius 2 is 1.82 bits per heavy atom. The number of aryl methyl sites for hydroxylation is 1. The second-order valence-corrected chi connectivity index (χ2v) is 11.1. The number of halogens is 1. The molecule has 6 nitrogen and oxygen atoms in total. The van der Waals surface area contributed by atoms with Crippen LogP contribution in [0.5, 0.6) is 0 Å². The van der Waals surface area contributed by atoms with Crippen LogP contribution in [0, 0.1) is 6.92 Å². The number of hydrogen-bond donors (Lipinski definition) is 1. The molecule has 1 saturated heterocycles. The summed E-state index contributed by atoms with van der Waals surface area (Å²) in [5.74, 6) is -0.330. The number of piperidine rings is 1. The number of hydrogen-bond acceptors (Lipinski definition) is 4. The molecule has 1 heterocycles. The van der Waals surface area contributed by atoms with Gasteiger partial charge in [0, 0.05) is 18.1 Å². The van der Waals surface area contributed by atoms with E-state index < -0.39 is 16.1 Å².